The van der Waals surface area contributed by atoms with Crippen molar-refractivity contribution in [2.24, 2.45) is 0 Å². The number of aliphatic hydroxyl groups excluding tert-OH is 1. The molecule has 5 nitrogen and oxygen atoms in total. The number of rotatable bonds is 5. The lowest BCUT2D eigenvalue weighted by atomic mass is 10.1. The van der Waals surface area contributed by atoms with Gasteiger partial charge in [-0.3, -0.25) is 10.1 Å². The molecule has 5 heteroatoms. The first-order valence-electron chi connectivity index (χ1n) is 6.58. The molecule has 2 aromatic carbocycles. The zero-order chi connectivity index (χ0) is 15.4. The average molecular weight is 287 g/mol. The SMILES string of the molecule is Cc1ccc(C)c(COc2ccc(CO)cc2[N+](=O)[O-])c1. The van der Waals surface area contributed by atoms with Crippen molar-refractivity contribution in [1.29, 1.82) is 0 Å². The Morgan fingerprint density at radius 3 is 2.62 bits per heavy atom. The van der Waals surface area contributed by atoms with Crippen LogP contribution in [0.25, 0.3) is 0 Å². The largest absolute Gasteiger partial charge is 0.482 e. The highest BCUT2D eigenvalue weighted by atomic mass is 16.6. The van der Waals surface area contributed by atoms with E-state index in [1.807, 2.05) is 32.0 Å². The van der Waals surface area contributed by atoms with Gasteiger partial charge in [0.1, 0.15) is 6.61 Å². The van der Waals surface area contributed by atoms with Crippen LogP contribution < -0.4 is 4.74 Å². The normalized spacial score (nSPS) is 10.4. The van der Waals surface area contributed by atoms with Gasteiger partial charge in [0.25, 0.3) is 0 Å². The Kier molecular flexibility index (Phi) is 4.55. The number of nitro benzene ring substituents is 1. The quantitative estimate of drug-likeness (QED) is 0.676. The van der Waals surface area contributed by atoms with Gasteiger partial charge in [0.15, 0.2) is 5.75 Å². The standard InChI is InChI=1S/C16H17NO4/c1-11-3-4-12(2)14(7-11)10-21-16-6-5-13(9-18)8-15(16)17(19)20/h3-8,18H,9-10H2,1-2H3. The van der Waals surface area contributed by atoms with Crippen LogP contribution in [0.2, 0.25) is 0 Å². The minimum Gasteiger partial charge on any atom is -0.482 e. The van der Waals surface area contributed by atoms with E-state index in [9.17, 15) is 10.1 Å². The van der Waals surface area contributed by atoms with Crippen molar-refractivity contribution in [3.8, 4) is 5.75 Å². The molecule has 0 heterocycles. The fourth-order valence-electron chi connectivity index (χ4n) is 2.04. The van der Waals surface area contributed by atoms with Gasteiger partial charge < -0.3 is 9.84 Å². The van der Waals surface area contributed by atoms with Crippen molar-refractivity contribution in [2.75, 3.05) is 0 Å². The van der Waals surface area contributed by atoms with Crippen LogP contribution in [0.5, 0.6) is 5.75 Å². The molecule has 0 aliphatic rings. The number of benzene rings is 2. The lowest BCUT2D eigenvalue weighted by Crippen LogP contribution is -2.02. The number of nitrogens with zero attached hydrogens (tertiary/aromatic N) is 1. The van der Waals surface area contributed by atoms with Gasteiger partial charge in [0, 0.05) is 6.07 Å². The summed E-state index contributed by atoms with van der Waals surface area (Å²) in [4.78, 5) is 10.6. The third-order valence-electron chi connectivity index (χ3n) is 3.29. The monoisotopic (exact) mass is 287 g/mol. The number of nitro groups is 1. The van der Waals surface area contributed by atoms with Crippen LogP contribution in [0, 0.1) is 24.0 Å². The first kappa shape index (κ1) is 15.0. The van der Waals surface area contributed by atoms with Crippen LogP contribution in [-0.4, -0.2) is 10.0 Å². The van der Waals surface area contributed by atoms with E-state index >= 15 is 0 Å². The van der Waals surface area contributed by atoms with Crippen molar-refractivity contribution in [2.45, 2.75) is 27.1 Å². The Morgan fingerprint density at radius 2 is 1.95 bits per heavy atom. The molecule has 0 atom stereocenters. The molecule has 0 unspecified atom stereocenters. The van der Waals surface area contributed by atoms with Crippen molar-refractivity contribution in [3.05, 3.63) is 68.8 Å². The second-order valence-electron chi connectivity index (χ2n) is 4.94. The maximum atomic E-state index is 11.1. The summed E-state index contributed by atoms with van der Waals surface area (Å²) in [6, 6.07) is 10.5. The maximum absolute atomic E-state index is 11.1. The van der Waals surface area contributed by atoms with Gasteiger partial charge in [0.2, 0.25) is 0 Å². The topological polar surface area (TPSA) is 72.6 Å². The number of hydrogen-bond donors (Lipinski definition) is 1. The molecule has 0 aromatic heterocycles. The van der Waals surface area contributed by atoms with E-state index in [0.717, 1.165) is 16.7 Å². The van der Waals surface area contributed by atoms with Crippen LogP contribution in [0.3, 0.4) is 0 Å². The molecule has 1 N–H and O–H groups in total. The Labute approximate surface area is 123 Å². The Balaban J connectivity index is 2.23. The summed E-state index contributed by atoms with van der Waals surface area (Å²) in [6.07, 6.45) is 0. The number of hydrogen-bond acceptors (Lipinski definition) is 4. The van der Waals surface area contributed by atoms with Gasteiger partial charge in [-0.1, -0.05) is 29.8 Å². The van der Waals surface area contributed by atoms with Crippen LogP contribution in [-0.2, 0) is 13.2 Å². The van der Waals surface area contributed by atoms with E-state index in [1.54, 1.807) is 6.07 Å². The molecule has 21 heavy (non-hydrogen) atoms. The molecule has 2 rings (SSSR count). The first-order chi connectivity index (χ1) is 10.0. The highest BCUT2D eigenvalue weighted by Crippen LogP contribution is 2.29. The summed E-state index contributed by atoms with van der Waals surface area (Å²) >= 11 is 0. The van der Waals surface area contributed by atoms with Gasteiger partial charge in [-0.25, -0.2) is 0 Å². The maximum Gasteiger partial charge on any atom is 0.311 e. The van der Waals surface area contributed by atoms with Crippen LogP contribution in [0.4, 0.5) is 5.69 Å². The van der Waals surface area contributed by atoms with Crippen molar-refractivity contribution >= 4 is 5.69 Å². The van der Waals surface area contributed by atoms with E-state index in [0.29, 0.717) is 5.56 Å². The first-order valence-corrected chi connectivity index (χ1v) is 6.58. The predicted molar refractivity (Wildman–Crippen MR) is 79.3 cm³/mol. The summed E-state index contributed by atoms with van der Waals surface area (Å²) in [7, 11) is 0. The molecule has 0 fully saturated rings. The minimum absolute atomic E-state index is 0.133. The smallest absolute Gasteiger partial charge is 0.311 e. The van der Waals surface area contributed by atoms with E-state index in [1.165, 1.54) is 12.1 Å². The molecule has 0 saturated heterocycles. The Hall–Kier alpha value is -2.40. The summed E-state index contributed by atoms with van der Waals surface area (Å²) < 4.78 is 5.60. The number of aryl methyl sites for hydroxylation is 2. The molecule has 2 aromatic rings. The molecular weight excluding hydrogens is 270 g/mol. The Morgan fingerprint density at radius 1 is 1.19 bits per heavy atom. The third-order valence-corrected chi connectivity index (χ3v) is 3.29. The van der Waals surface area contributed by atoms with Gasteiger partial charge in [-0.05, 0) is 36.6 Å². The highest BCUT2D eigenvalue weighted by Gasteiger charge is 2.16. The van der Waals surface area contributed by atoms with Crippen molar-refractivity contribution < 1.29 is 14.8 Å². The zero-order valence-corrected chi connectivity index (χ0v) is 12.0. The molecular formula is C16H17NO4. The fraction of sp³-hybridized carbons (Fsp3) is 0.250. The molecule has 0 bridgehead atoms. The number of ether oxygens (including phenoxy) is 1. The van der Waals surface area contributed by atoms with Gasteiger partial charge in [-0.15, -0.1) is 0 Å². The van der Waals surface area contributed by atoms with Crippen LogP contribution >= 0.6 is 0 Å². The van der Waals surface area contributed by atoms with E-state index in [4.69, 9.17) is 9.84 Å². The van der Waals surface area contributed by atoms with E-state index in [-0.39, 0.29) is 24.7 Å². The van der Waals surface area contributed by atoms with E-state index < -0.39 is 4.92 Å². The molecule has 0 aliphatic carbocycles. The predicted octanol–water partition coefficient (Wildman–Crippen LogP) is 3.28. The van der Waals surface area contributed by atoms with Crippen molar-refractivity contribution in [1.82, 2.24) is 0 Å². The van der Waals surface area contributed by atoms with Crippen molar-refractivity contribution in [3.63, 3.8) is 0 Å². The van der Waals surface area contributed by atoms with Crippen LogP contribution in [0.15, 0.2) is 36.4 Å². The van der Waals surface area contributed by atoms with Crippen LogP contribution in [0.1, 0.15) is 22.3 Å². The molecule has 0 spiro atoms. The molecule has 110 valence electrons. The molecule has 0 amide bonds. The summed E-state index contributed by atoms with van der Waals surface area (Å²) in [6.45, 7) is 3.99. The van der Waals surface area contributed by atoms with Gasteiger partial charge in [0.05, 0.1) is 11.5 Å². The zero-order valence-electron chi connectivity index (χ0n) is 12.0. The van der Waals surface area contributed by atoms with Gasteiger partial charge in [-0.2, -0.15) is 0 Å². The average Bonchev–Trinajstić information content (AvgIpc) is 2.48. The lowest BCUT2D eigenvalue weighted by molar-refractivity contribution is -0.386. The summed E-state index contributed by atoms with van der Waals surface area (Å²) in [5.74, 6) is 0.207. The van der Waals surface area contributed by atoms with Gasteiger partial charge >= 0.3 is 5.69 Å². The Bertz CT molecular complexity index is 667. The highest BCUT2D eigenvalue weighted by molar-refractivity contribution is 5.48. The number of aliphatic hydroxyl groups is 1. The fourth-order valence-corrected chi connectivity index (χ4v) is 2.04. The third kappa shape index (κ3) is 3.58. The molecule has 0 aliphatic heterocycles. The summed E-state index contributed by atoms with van der Waals surface area (Å²) in [5.41, 5.74) is 3.54. The van der Waals surface area contributed by atoms with E-state index in [2.05, 4.69) is 0 Å². The second-order valence-corrected chi connectivity index (χ2v) is 4.94. The lowest BCUT2D eigenvalue weighted by Gasteiger charge is -2.10. The summed E-state index contributed by atoms with van der Waals surface area (Å²) in [5, 5.41) is 20.1. The second kappa shape index (κ2) is 6.37. The molecule has 0 saturated carbocycles. The molecule has 0 radical (unpaired) electrons. The minimum atomic E-state index is -0.502.